The number of thioether (sulfide) groups is 1. The van der Waals surface area contributed by atoms with Gasteiger partial charge in [-0.1, -0.05) is 17.2 Å². The number of rotatable bonds is 2. The quantitative estimate of drug-likeness (QED) is 0.725. The van der Waals surface area contributed by atoms with Gasteiger partial charge in [0.2, 0.25) is 0 Å². The molecule has 1 heterocycles. The summed E-state index contributed by atoms with van der Waals surface area (Å²) >= 11 is 1.81. The van der Waals surface area contributed by atoms with Crippen LogP contribution in [0, 0.1) is 13.8 Å². The molecule has 1 saturated heterocycles. The van der Waals surface area contributed by atoms with Crippen LogP contribution in [0.5, 0.6) is 0 Å². The summed E-state index contributed by atoms with van der Waals surface area (Å²) in [7, 11) is 0. The number of hydrogen-bond donors (Lipinski definition) is 0. The van der Waals surface area contributed by atoms with Crippen molar-refractivity contribution in [2.75, 3.05) is 5.75 Å². The minimum atomic E-state index is -0.180. The third kappa shape index (κ3) is 2.17. The van der Waals surface area contributed by atoms with Crippen molar-refractivity contribution in [3.63, 3.8) is 0 Å². The van der Waals surface area contributed by atoms with Crippen molar-refractivity contribution in [2.24, 2.45) is 0 Å². The largest absolute Gasteiger partial charge is 0.293 e. The van der Waals surface area contributed by atoms with Crippen molar-refractivity contribution < 1.29 is 4.79 Å². The van der Waals surface area contributed by atoms with Gasteiger partial charge in [0.1, 0.15) is 0 Å². The predicted molar refractivity (Wildman–Crippen MR) is 70.3 cm³/mol. The molecule has 2 rings (SSSR count). The van der Waals surface area contributed by atoms with Crippen LogP contribution in [-0.4, -0.2) is 16.3 Å². The average Bonchev–Trinajstić information content (AvgIpc) is 2.64. The Balaban J connectivity index is 2.33. The molecule has 0 aromatic heterocycles. The molecule has 16 heavy (non-hydrogen) atoms. The Bertz CT molecular complexity index is 396. The lowest BCUT2D eigenvalue weighted by Crippen LogP contribution is -2.28. The van der Waals surface area contributed by atoms with E-state index < -0.39 is 0 Å². The Kier molecular flexibility index (Phi) is 3.11. The number of hydrogen-bond acceptors (Lipinski definition) is 2. The first-order chi connectivity index (χ1) is 7.51. The van der Waals surface area contributed by atoms with Crippen molar-refractivity contribution in [3.05, 3.63) is 34.9 Å². The van der Waals surface area contributed by atoms with Gasteiger partial charge in [0.15, 0.2) is 5.78 Å². The van der Waals surface area contributed by atoms with Gasteiger partial charge in [-0.05, 0) is 51.5 Å². The molecule has 1 aliphatic rings. The van der Waals surface area contributed by atoms with Crippen LogP contribution in [0.25, 0.3) is 0 Å². The van der Waals surface area contributed by atoms with Crippen molar-refractivity contribution >= 4 is 17.5 Å². The van der Waals surface area contributed by atoms with Crippen LogP contribution < -0.4 is 0 Å². The summed E-state index contributed by atoms with van der Waals surface area (Å²) in [4.78, 5) is 12.5. The van der Waals surface area contributed by atoms with Crippen molar-refractivity contribution in [2.45, 2.75) is 38.4 Å². The fraction of sp³-hybridized carbons (Fsp3) is 0.500. The summed E-state index contributed by atoms with van der Waals surface area (Å²) in [5, 5.41) is 0. The molecule has 1 nitrogen and oxygen atoms in total. The number of Topliss-reactive ketones (excluding diaryl/α,β-unsaturated/α-hetero) is 1. The highest BCUT2D eigenvalue weighted by Crippen LogP contribution is 2.40. The topological polar surface area (TPSA) is 17.1 Å². The van der Waals surface area contributed by atoms with Crippen LogP contribution in [0.2, 0.25) is 0 Å². The molecule has 0 amide bonds. The minimum absolute atomic E-state index is 0.180. The second kappa shape index (κ2) is 4.25. The van der Waals surface area contributed by atoms with Gasteiger partial charge in [-0.25, -0.2) is 0 Å². The highest BCUT2D eigenvalue weighted by Gasteiger charge is 2.37. The van der Waals surface area contributed by atoms with Crippen LogP contribution in [0.1, 0.15) is 41.3 Å². The van der Waals surface area contributed by atoms with Gasteiger partial charge in [-0.2, -0.15) is 0 Å². The van der Waals surface area contributed by atoms with E-state index in [-0.39, 0.29) is 4.75 Å². The number of carbonyl (C=O) groups excluding carboxylic acids is 1. The second-order valence-electron chi connectivity index (χ2n) is 4.89. The third-order valence-electron chi connectivity index (χ3n) is 3.18. The van der Waals surface area contributed by atoms with Crippen LogP contribution in [0.15, 0.2) is 18.2 Å². The van der Waals surface area contributed by atoms with E-state index in [4.69, 9.17) is 0 Å². The monoisotopic (exact) mass is 234 g/mol. The van der Waals surface area contributed by atoms with Crippen molar-refractivity contribution in [1.82, 2.24) is 0 Å². The Morgan fingerprint density at radius 2 is 1.88 bits per heavy atom. The van der Waals surface area contributed by atoms with Gasteiger partial charge in [0.05, 0.1) is 4.75 Å². The van der Waals surface area contributed by atoms with Crippen LogP contribution in [0.4, 0.5) is 0 Å². The molecule has 86 valence electrons. The van der Waals surface area contributed by atoms with Gasteiger partial charge in [0.25, 0.3) is 0 Å². The first-order valence-corrected chi connectivity index (χ1v) is 6.77. The molecule has 1 unspecified atom stereocenters. The van der Waals surface area contributed by atoms with E-state index in [0.29, 0.717) is 5.78 Å². The maximum absolute atomic E-state index is 12.5. The predicted octanol–water partition coefficient (Wildman–Crippen LogP) is 3.77. The molecule has 0 N–H and O–H groups in total. The molecule has 1 atom stereocenters. The maximum atomic E-state index is 12.5. The Hall–Kier alpha value is -0.760. The molecule has 2 heteroatoms. The highest BCUT2D eigenvalue weighted by atomic mass is 32.2. The van der Waals surface area contributed by atoms with Gasteiger partial charge >= 0.3 is 0 Å². The number of ketones is 1. The third-order valence-corrected chi connectivity index (χ3v) is 4.70. The van der Waals surface area contributed by atoms with Crippen LogP contribution in [-0.2, 0) is 0 Å². The first-order valence-electron chi connectivity index (χ1n) is 5.78. The van der Waals surface area contributed by atoms with E-state index in [9.17, 15) is 4.79 Å². The van der Waals surface area contributed by atoms with E-state index in [1.807, 2.05) is 37.7 Å². The molecule has 1 fully saturated rings. The molecular formula is C14H18OS. The summed E-state index contributed by atoms with van der Waals surface area (Å²) in [6.07, 6.45) is 2.18. The fourth-order valence-electron chi connectivity index (χ4n) is 2.37. The molecule has 0 bridgehead atoms. The molecular weight excluding hydrogens is 216 g/mol. The summed E-state index contributed by atoms with van der Waals surface area (Å²) in [6.45, 7) is 6.19. The zero-order chi connectivity index (χ0) is 11.8. The van der Waals surface area contributed by atoms with E-state index in [0.717, 1.165) is 24.2 Å². The zero-order valence-corrected chi connectivity index (χ0v) is 11.0. The standard InChI is InChI=1S/C14H18OS/c1-10-7-11(2)9-12(8-10)13(15)14(3)5-4-6-16-14/h7-9H,4-6H2,1-3H3. The Labute approximate surface area is 102 Å². The molecule has 1 aromatic carbocycles. The lowest BCUT2D eigenvalue weighted by atomic mass is 9.93. The maximum Gasteiger partial charge on any atom is 0.178 e. The van der Waals surface area contributed by atoms with Crippen LogP contribution >= 0.6 is 11.8 Å². The average molecular weight is 234 g/mol. The molecule has 1 aromatic rings. The highest BCUT2D eigenvalue weighted by molar-refractivity contribution is 8.01. The zero-order valence-electron chi connectivity index (χ0n) is 10.2. The number of aryl methyl sites for hydroxylation is 2. The van der Waals surface area contributed by atoms with Crippen LogP contribution in [0.3, 0.4) is 0 Å². The number of carbonyl (C=O) groups is 1. The second-order valence-corrected chi connectivity index (χ2v) is 6.49. The molecule has 0 radical (unpaired) electrons. The molecule has 1 aliphatic heterocycles. The first kappa shape index (κ1) is 11.7. The molecule has 0 aliphatic carbocycles. The molecule has 0 saturated carbocycles. The summed E-state index contributed by atoms with van der Waals surface area (Å²) < 4.78 is -0.180. The Morgan fingerprint density at radius 1 is 1.25 bits per heavy atom. The summed E-state index contributed by atoms with van der Waals surface area (Å²) in [5.74, 6) is 1.43. The van der Waals surface area contributed by atoms with Gasteiger partial charge in [0, 0.05) is 5.56 Å². The fourth-order valence-corrected chi connectivity index (χ4v) is 3.65. The van der Waals surface area contributed by atoms with Gasteiger partial charge in [-0.3, -0.25) is 4.79 Å². The normalized spacial score (nSPS) is 24.7. The van der Waals surface area contributed by atoms with Gasteiger partial charge in [-0.15, -0.1) is 11.8 Å². The minimum Gasteiger partial charge on any atom is -0.293 e. The summed E-state index contributed by atoms with van der Waals surface area (Å²) in [5.41, 5.74) is 3.24. The van der Waals surface area contributed by atoms with E-state index >= 15 is 0 Å². The van der Waals surface area contributed by atoms with E-state index in [1.54, 1.807) is 0 Å². The lowest BCUT2D eigenvalue weighted by Gasteiger charge is -2.21. The number of benzene rings is 1. The molecule has 0 spiro atoms. The smallest absolute Gasteiger partial charge is 0.178 e. The SMILES string of the molecule is Cc1cc(C)cc(C(=O)C2(C)CCCS2)c1. The lowest BCUT2D eigenvalue weighted by molar-refractivity contribution is 0.0949. The Morgan fingerprint density at radius 3 is 2.38 bits per heavy atom. The van der Waals surface area contributed by atoms with Crippen molar-refractivity contribution in [1.29, 1.82) is 0 Å². The van der Waals surface area contributed by atoms with Crippen molar-refractivity contribution in [3.8, 4) is 0 Å². The van der Waals surface area contributed by atoms with E-state index in [1.165, 1.54) is 11.1 Å². The summed E-state index contributed by atoms with van der Waals surface area (Å²) in [6, 6.07) is 6.14. The van der Waals surface area contributed by atoms with E-state index in [2.05, 4.69) is 13.0 Å². The van der Waals surface area contributed by atoms with Gasteiger partial charge < -0.3 is 0 Å².